The van der Waals surface area contributed by atoms with Gasteiger partial charge in [-0.15, -0.1) is 0 Å². The number of hydrogen-bond donors (Lipinski definition) is 0. The van der Waals surface area contributed by atoms with E-state index in [1.807, 2.05) is 31.2 Å². The Bertz CT molecular complexity index is 609. The molecule has 19 heavy (non-hydrogen) atoms. The van der Waals surface area contributed by atoms with Crippen molar-refractivity contribution in [2.45, 2.75) is 20.8 Å². The van der Waals surface area contributed by atoms with Crippen LogP contribution in [0.3, 0.4) is 0 Å². The summed E-state index contributed by atoms with van der Waals surface area (Å²) in [5.74, 6) is -0.376. The predicted octanol–water partition coefficient (Wildman–Crippen LogP) is 2.94. The number of benzene rings is 1. The molecule has 0 saturated heterocycles. The second kappa shape index (κ2) is 5.61. The summed E-state index contributed by atoms with van der Waals surface area (Å²) in [6.07, 6.45) is 1.47. The first kappa shape index (κ1) is 13.2. The summed E-state index contributed by atoms with van der Waals surface area (Å²) >= 11 is 0. The molecule has 4 heteroatoms. The standard InChI is InChI=1S/C15H16N2O2/c1-4-19-15(18)13-11(3)16-9-17-14(13)12-8-6-5-7-10(12)2/h5-9H,4H2,1-3H3. The van der Waals surface area contributed by atoms with Gasteiger partial charge in [0.2, 0.25) is 0 Å². The fourth-order valence-electron chi connectivity index (χ4n) is 1.96. The summed E-state index contributed by atoms with van der Waals surface area (Å²) in [7, 11) is 0. The second-order valence-electron chi connectivity index (χ2n) is 4.22. The molecule has 0 saturated carbocycles. The van der Waals surface area contributed by atoms with E-state index >= 15 is 0 Å². The molecule has 1 aromatic heterocycles. The minimum atomic E-state index is -0.376. The monoisotopic (exact) mass is 256 g/mol. The molecule has 0 unspecified atom stereocenters. The maximum atomic E-state index is 12.1. The molecule has 0 atom stereocenters. The highest BCUT2D eigenvalue weighted by atomic mass is 16.5. The summed E-state index contributed by atoms with van der Waals surface area (Å²) in [6, 6.07) is 7.81. The van der Waals surface area contributed by atoms with Crippen molar-refractivity contribution in [3.8, 4) is 11.3 Å². The Morgan fingerprint density at radius 1 is 1.21 bits per heavy atom. The fraction of sp³-hybridized carbons (Fsp3) is 0.267. The first-order chi connectivity index (χ1) is 9.15. The Balaban J connectivity index is 2.61. The zero-order valence-electron chi connectivity index (χ0n) is 11.3. The number of esters is 1. The summed E-state index contributed by atoms with van der Waals surface area (Å²) in [4.78, 5) is 20.4. The molecule has 0 fully saturated rings. The van der Waals surface area contributed by atoms with Crippen LogP contribution in [0.4, 0.5) is 0 Å². The van der Waals surface area contributed by atoms with E-state index in [1.54, 1.807) is 13.8 Å². The van der Waals surface area contributed by atoms with Crippen LogP contribution < -0.4 is 0 Å². The molecule has 0 spiro atoms. The van der Waals surface area contributed by atoms with Gasteiger partial charge in [0.15, 0.2) is 0 Å². The minimum Gasteiger partial charge on any atom is -0.462 e. The van der Waals surface area contributed by atoms with Gasteiger partial charge in [-0.2, -0.15) is 0 Å². The maximum Gasteiger partial charge on any atom is 0.342 e. The van der Waals surface area contributed by atoms with Crippen molar-refractivity contribution in [3.63, 3.8) is 0 Å². The van der Waals surface area contributed by atoms with Crippen molar-refractivity contribution in [2.75, 3.05) is 6.61 Å². The first-order valence-corrected chi connectivity index (χ1v) is 6.19. The Morgan fingerprint density at radius 2 is 1.95 bits per heavy atom. The number of rotatable bonds is 3. The lowest BCUT2D eigenvalue weighted by molar-refractivity contribution is 0.0525. The summed E-state index contributed by atoms with van der Waals surface area (Å²) in [5.41, 5.74) is 3.69. The molecule has 98 valence electrons. The summed E-state index contributed by atoms with van der Waals surface area (Å²) in [6.45, 7) is 5.89. The molecule has 0 radical (unpaired) electrons. The quantitative estimate of drug-likeness (QED) is 0.792. The molecule has 0 aliphatic heterocycles. The lowest BCUT2D eigenvalue weighted by Gasteiger charge is -2.11. The molecule has 0 aliphatic carbocycles. The average Bonchev–Trinajstić information content (AvgIpc) is 2.39. The summed E-state index contributed by atoms with van der Waals surface area (Å²) in [5, 5.41) is 0. The number of carbonyl (C=O) groups excluding carboxylic acids is 1. The maximum absolute atomic E-state index is 12.1. The highest BCUT2D eigenvalue weighted by Gasteiger charge is 2.19. The van der Waals surface area contributed by atoms with E-state index < -0.39 is 0 Å². The number of nitrogens with zero attached hydrogens (tertiary/aromatic N) is 2. The topological polar surface area (TPSA) is 52.1 Å². The predicted molar refractivity (Wildman–Crippen MR) is 72.9 cm³/mol. The van der Waals surface area contributed by atoms with Gasteiger partial charge >= 0.3 is 5.97 Å². The van der Waals surface area contributed by atoms with Crippen LogP contribution in [0, 0.1) is 13.8 Å². The molecule has 4 nitrogen and oxygen atoms in total. The van der Waals surface area contributed by atoms with E-state index in [0.717, 1.165) is 11.1 Å². The van der Waals surface area contributed by atoms with Crippen LogP contribution in [0.5, 0.6) is 0 Å². The lowest BCUT2D eigenvalue weighted by Crippen LogP contribution is -2.11. The van der Waals surface area contributed by atoms with Gasteiger partial charge in [-0.05, 0) is 26.3 Å². The minimum absolute atomic E-state index is 0.334. The van der Waals surface area contributed by atoms with Crippen LogP contribution in [0.15, 0.2) is 30.6 Å². The van der Waals surface area contributed by atoms with Gasteiger partial charge < -0.3 is 4.74 Å². The van der Waals surface area contributed by atoms with Crippen LogP contribution in [0.25, 0.3) is 11.3 Å². The molecule has 2 rings (SSSR count). The smallest absolute Gasteiger partial charge is 0.342 e. The Morgan fingerprint density at radius 3 is 2.63 bits per heavy atom. The van der Waals surface area contributed by atoms with E-state index in [1.165, 1.54) is 6.33 Å². The molecule has 0 aliphatic rings. The number of aryl methyl sites for hydroxylation is 2. The normalized spacial score (nSPS) is 10.3. The van der Waals surface area contributed by atoms with Gasteiger partial charge in [-0.25, -0.2) is 14.8 Å². The van der Waals surface area contributed by atoms with Gasteiger partial charge in [0, 0.05) is 5.56 Å². The van der Waals surface area contributed by atoms with Crippen molar-refractivity contribution in [1.29, 1.82) is 0 Å². The van der Waals surface area contributed by atoms with Crippen LogP contribution in [-0.4, -0.2) is 22.5 Å². The fourth-order valence-corrected chi connectivity index (χ4v) is 1.96. The number of carbonyl (C=O) groups is 1. The first-order valence-electron chi connectivity index (χ1n) is 6.19. The average molecular weight is 256 g/mol. The number of hydrogen-bond acceptors (Lipinski definition) is 4. The van der Waals surface area contributed by atoms with E-state index in [-0.39, 0.29) is 5.97 Å². The van der Waals surface area contributed by atoms with Gasteiger partial charge in [0.1, 0.15) is 11.9 Å². The largest absolute Gasteiger partial charge is 0.462 e. The molecule has 0 amide bonds. The Hall–Kier alpha value is -2.23. The number of ether oxygens (including phenoxy) is 1. The van der Waals surface area contributed by atoms with Crippen molar-refractivity contribution in [1.82, 2.24) is 9.97 Å². The highest BCUT2D eigenvalue weighted by molar-refractivity contribution is 5.97. The van der Waals surface area contributed by atoms with E-state index in [0.29, 0.717) is 23.6 Å². The second-order valence-corrected chi connectivity index (χ2v) is 4.22. The lowest BCUT2D eigenvalue weighted by atomic mass is 10.0. The van der Waals surface area contributed by atoms with Gasteiger partial charge in [0.05, 0.1) is 18.0 Å². The van der Waals surface area contributed by atoms with Crippen LogP contribution >= 0.6 is 0 Å². The van der Waals surface area contributed by atoms with Crippen molar-refractivity contribution in [2.24, 2.45) is 0 Å². The SMILES string of the molecule is CCOC(=O)c1c(C)ncnc1-c1ccccc1C. The van der Waals surface area contributed by atoms with Crippen molar-refractivity contribution < 1.29 is 9.53 Å². The van der Waals surface area contributed by atoms with E-state index in [2.05, 4.69) is 9.97 Å². The van der Waals surface area contributed by atoms with Gasteiger partial charge in [-0.1, -0.05) is 24.3 Å². The molecule has 2 aromatic rings. The Labute approximate surface area is 112 Å². The highest BCUT2D eigenvalue weighted by Crippen LogP contribution is 2.26. The van der Waals surface area contributed by atoms with Crippen LogP contribution in [0.2, 0.25) is 0 Å². The molecule has 1 aromatic carbocycles. The van der Waals surface area contributed by atoms with E-state index in [4.69, 9.17) is 4.74 Å². The summed E-state index contributed by atoms with van der Waals surface area (Å²) < 4.78 is 5.09. The Kier molecular flexibility index (Phi) is 3.90. The van der Waals surface area contributed by atoms with Gasteiger partial charge in [-0.3, -0.25) is 0 Å². The number of aromatic nitrogens is 2. The molecule has 0 bridgehead atoms. The molecule has 0 N–H and O–H groups in total. The van der Waals surface area contributed by atoms with Crippen LogP contribution in [-0.2, 0) is 4.74 Å². The molecular formula is C15H16N2O2. The van der Waals surface area contributed by atoms with Gasteiger partial charge in [0.25, 0.3) is 0 Å². The van der Waals surface area contributed by atoms with Crippen LogP contribution in [0.1, 0.15) is 28.5 Å². The molecular weight excluding hydrogens is 240 g/mol. The van der Waals surface area contributed by atoms with E-state index in [9.17, 15) is 4.79 Å². The zero-order chi connectivity index (χ0) is 13.8. The molecule has 1 heterocycles. The zero-order valence-corrected chi connectivity index (χ0v) is 11.3. The third kappa shape index (κ3) is 2.62. The third-order valence-corrected chi connectivity index (χ3v) is 2.92. The third-order valence-electron chi connectivity index (χ3n) is 2.92. The van der Waals surface area contributed by atoms with Crippen molar-refractivity contribution in [3.05, 3.63) is 47.4 Å². The van der Waals surface area contributed by atoms with Crippen molar-refractivity contribution >= 4 is 5.97 Å².